The molecule has 0 radical (unpaired) electrons. The molecule has 2 heterocycles. The molecular weight excluding hydrogens is 416 g/mol. The van der Waals surface area contributed by atoms with Crippen LogP contribution in [0.2, 0.25) is 0 Å². The number of Topliss-reactive ketones (excluding diaryl/α,β-unsaturated/α-hetero) is 1. The lowest BCUT2D eigenvalue weighted by atomic mass is 9.82. The Hall–Kier alpha value is -3.80. The number of nitrogens with zero attached hydrogens (tertiary/aromatic N) is 2. The highest BCUT2D eigenvalue weighted by Gasteiger charge is 2.38. The van der Waals surface area contributed by atoms with Gasteiger partial charge in [0, 0.05) is 28.9 Å². The first-order valence-electron chi connectivity index (χ1n) is 11.2. The number of rotatable bonds is 2. The number of hydrogen-bond donors (Lipinski definition) is 0. The largest absolute Gasteiger partial charge is 0.487 e. The Balaban J connectivity index is 0.00000126. The fraction of sp³-hybridized carbons (Fsp3) is 0.259. The highest BCUT2D eigenvalue weighted by atomic mass is 16.5. The highest BCUT2D eigenvalue weighted by Crippen LogP contribution is 2.41. The SMILES string of the molecule is CC.CC1(C)CCC2=C(O1)c1ccccc1C(=Nc1ccc(N3C(=O)C=CC3=O)cc1)C2=O. The molecule has 3 aliphatic rings. The summed E-state index contributed by atoms with van der Waals surface area (Å²) in [5.41, 5.74) is 3.35. The molecule has 0 fully saturated rings. The van der Waals surface area contributed by atoms with Crippen LogP contribution in [0.15, 0.2) is 71.2 Å². The van der Waals surface area contributed by atoms with Gasteiger partial charge in [0.25, 0.3) is 11.8 Å². The van der Waals surface area contributed by atoms with E-state index < -0.39 is 0 Å². The summed E-state index contributed by atoms with van der Waals surface area (Å²) in [7, 11) is 0. The van der Waals surface area contributed by atoms with Gasteiger partial charge in [0.1, 0.15) is 17.1 Å². The number of carbonyl (C=O) groups is 3. The van der Waals surface area contributed by atoms with Crippen molar-refractivity contribution >= 4 is 40.4 Å². The van der Waals surface area contributed by atoms with Gasteiger partial charge < -0.3 is 4.74 Å². The molecule has 0 aromatic heterocycles. The fourth-order valence-corrected chi connectivity index (χ4v) is 4.09. The number of ketones is 1. The van der Waals surface area contributed by atoms with E-state index in [-0.39, 0.29) is 23.2 Å². The van der Waals surface area contributed by atoms with Crippen molar-refractivity contribution in [3.8, 4) is 0 Å². The van der Waals surface area contributed by atoms with E-state index in [0.717, 1.165) is 22.4 Å². The molecular formula is C27H26N2O4. The lowest BCUT2D eigenvalue weighted by molar-refractivity contribution is -0.120. The van der Waals surface area contributed by atoms with Crippen LogP contribution in [0.5, 0.6) is 0 Å². The molecule has 0 spiro atoms. The molecule has 2 aromatic rings. The molecule has 2 amide bonds. The molecule has 0 bridgehead atoms. The minimum absolute atomic E-state index is 0.123. The van der Waals surface area contributed by atoms with E-state index in [1.54, 1.807) is 24.3 Å². The van der Waals surface area contributed by atoms with Gasteiger partial charge in [0.2, 0.25) is 5.78 Å². The zero-order chi connectivity index (χ0) is 23.8. The molecule has 0 atom stereocenters. The third-order valence-corrected chi connectivity index (χ3v) is 5.70. The van der Waals surface area contributed by atoms with Crippen LogP contribution >= 0.6 is 0 Å². The van der Waals surface area contributed by atoms with Crippen LogP contribution in [-0.4, -0.2) is 28.9 Å². The van der Waals surface area contributed by atoms with E-state index in [0.29, 0.717) is 34.8 Å². The number of amides is 2. The first-order valence-corrected chi connectivity index (χ1v) is 11.2. The number of carbonyl (C=O) groups excluding carboxylic acids is 3. The second-order valence-corrected chi connectivity index (χ2v) is 8.37. The minimum atomic E-state index is -0.375. The zero-order valence-corrected chi connectivity index (χ0v) is 19.2. The molecule has 0 unspecified atom stereocenters. The van der Waals surface area contributed by atoms with Crippen molar-refractivity contribution in [3.05, 3.63) is 77.4 Å². The number of fused-ring (bicyclic) bond motifs is 2. The zero-order valence-electron chi connectivity index (χ0n) is 19.2. The normalized spacial score (nSPS) is 19.7. The van der Waals surface area contributed by atoms with Crippen LogP contribution in [0.4, 0.5) is 11.4 Å². The van der Waals surface area contributed by atoms with Gasteiger partial charge in [-0.2, -0.15) is 0 Å². The van der Waals surface area contributed by atoms with Crippen LogP contribution in [0.1, 0.15) is 51.7 Å². The van der Waals surface area contributed by atoms with Crippen molar-refractivity contribution in [1.82, 2.24) is 0 Å². The maximum Gasteiger partial charge on any atom is 0.258 e. The number of ether oxygens (including phenoxy) is 1. The molecule has 0 saturated carbocycles. The smallest absolute Gasteiger partial charge is 0.258 e. The summed E-state index contributed by atoms with van der Waals surface area (Å²) in [5.74, 6) is -0.215. The van der Waals surface area contributed by atoms with E-state index in [2.05, 4.69) is 4.99 Å². The van der Waals surface area contributed by atoms with E-state index in [4.69, 9.17) is 4.74 Å². The summed E-state index contributed by atoms with van der Waals surface area (Å²) in [6.45, 7) is 8.06. The van der Waals surface area contributed by atoms with Gasteiger partial charge in [-0.3, -0.25) is 14.4 Å². The Bertz CT molecular complexity index is 1220. The molecule has 33 heavy (non-hydrogen) atoms. The van der Waals surface area contributed by atoms with Gasteiger partial charge in [-0.15, -0.1) is 0 Å². The fourth-order valence-electron chi connectivity index (χ4n) is 4.09. The number of aliphatic imine (C=N–C) groups is 1. The predicted octanol–water partition coefficient (Wildman–Crippen LogP) is 5.15. The molecule has 6 heteroatoms. The predicted molar refractivity (Wildman–Crippen MR) is 128 cm³/mol. The number of imide groups is 1. The first kappa shape index (κ1) is 22.4. The minimum Gasteiger partial charge on any atom is -0.487 e. The summed E-state index contributed by atoms with van der Waals surface area (Å²) < 4.78 is 6.19. The molecule has 5 rings (SSSR count). The maximum atomic E-state index is 13.3. The summed E-state index contributed by atoms with van der Waals surface area (Å²) in [4.78, 5) is 42.8. The molecule has 0 N–H and O–H groups in total. The molecule has 168 valence electrons. The lowest BCUT2D eigenvalue weighted by Crippen LogP contribution is -2.34. The monoisotopic (exact) mass is 442 g/mol. The molecule has 6 nitrogen and oxygen atoms in total. The van der Waals surface area contributed by atoms with E-state index in [1.807, 2.05) is 52.0 Å². The van der Waals surface area contributed by atoms with Crippen LogP contribution in [0.3, 0.4) is 0 Å². The number of hydrogen-bond acceptors (Lipinski definition) is 5. The number of anilines is 1. The number of allylic oxidation sites excluding steroid dienone is 1. The second-order valence-electron chi connectivity index (χ2n) is 8.37. The molecule has 2 aromatic carbocycles. The van der Waals surface area contributed by atoms with Crippen molar-refractivity contribution < 1.29 is 19.1 Å². The Morgan fingerprint density at radius 3 is 2.12 bits per heavy atom. The van der Waals surface area contributed by atoms with Gasteiger partial charge in [-0.05, 0) is 51.0 Å². The Labute approximate surface area is 193 Å². The van der Waals surface area contributed by atoms with Crippen molar-refractivity contribution in [2.24, 2.45) is 4.99 Å². The van der Waals surface area contributed by atoms with Crippen LogP contribution in [0.25, 0.3) is 5.76 Å². The van der Waals surface area contributed by atoms with Crippen molar-refractivity contribution in [3.63, 3.8) is 0 Å². The standard InChI is InChI=1S/C25H20N2O4.C2H6/c1-25(2)14-13-19-23(30)22(17-5-3-4-6-18(17)24(19)31-25)26-15-7-9-16(10-8-15)27-20(28)11-12-21(27)29;1-2/h3-12H,13-14H2,1-2H3;1-2H3. The van der Waals surface area contributed by atoms with Crippen LogP contribution < -0.4 is 4.90 Å². The van der Waals surface area contributed by atoms with E-state index >= 15 is 0 Å². The topological polar surface area (TPSA) is 76.0 Å². The van der Waals surface area contributed by atoms with Gasteiger partial charge in [-0.1, -0.05) is 38.1 Å². The van der Waals surface area contributed by atoms with Crippen LogP contribution in [0, 0.1) is 0 Å². The molecule has 0 saturated heterocycles. The summed E-state index contributed by atoms with van der Waals surface area (Å²) in [5, 5.41) is 0. The average Bonchev–Trinajstić information content (AvgIpc) is 3.15. The van der Waals surface area contributed by atoms with Crippen LogP contribution in [-0.2, 0) is 19.1 Å². The van der Waals surface area contributed by atoms with E-state index in [9.17, 15) is 14.4 Å². The third kappa shape index (κ3) is 4.04. The van der Waals surface area contributed by atoms with E-state index in [1.165, 1.54) is 12.2 Å². The lowest BCUT2D eigenvalue weighted by Gasteiger charge is -2.36. The molecule has 1 aliphatic carbocycles. The van der Waals surface area contributed by atoms with Crippen molar-refractivity contribution in [1.29, 1.82) is 0 Å². The van der Waals surface area contributed by atoms with Gasteiger partial charge in [0.15, 0.2) is 0 Å². The highest BCUT2D eigenvalue weighted by molar-refractivity contribution is 6.54. The number of benzene rings is 2. The Morgan fingerprint density at radius 2 is 1.48 bits per heavy atom. The molecule has 2 aliphatic heterocycles. The van der Waals surface area contributed by atoms with Crippen molar-refractivity contribution in [2.45, 2.75) is 46.1 Å². The maximum absolute atomic E-state index is 13.3. The summed E-state index contributed by atoms with van der Waals surface area (Å²) in [6.07, 6.45) is 3.88. The summed E-state index contributed by atoms with van der Waals surface area (Å²) >= 11 is 0. The Morgan fingerprint density at radius 1 is 0.879 bits per heavy atom. The quantitative estimate of drug-likeness (QED) is 0.603. The summed E-state index contributed by atoms with van der Waals surface area (Å²) in [6, 6.07) is 14.3. The third-order valence-electron chi connectivity index (χ3n) is 5.70. The van der Waals surface area contributed by atoms with Gasteiger partial charge >= 0.3 is 0 Å². The van der Waals surface area contributed by atoms with Crippen molar-refractivity contribution in [2.75, 3.05) is 4.90 Å². The van der Waals surface area contributed by atoms with Gasteiger partial charge in [0.05, 0.1) is 11.4 Å². The first-order chi connectivity index (χ1) is 15.8. The second kappa shape index (κ2) is 8.62. The Kier molecular flexibility index (Phi) is 5.85. The van der Waals surface area contributed by atoms with Gasteiger partial charge in [-0.25, -0.2) is 9.89 Å². The average molecular weight is 443 g/mol.